The Labute approximate surface area is 110 Å². The fraction of sp³-hybridized carbons (Fsp3) is 0.867. The normalized spacial score (nSPS) is 17.8. The van der Waals surface area contributed by atoms with Crippen LogP contribution in [0.1, 0.15) is 48.5 Å². The Balaban J connectivity index is 4.89. The zero-order valence-corrected chi connectivity index (χ0v) is 14.3. The fourth-order valence-corrected chi connectivity index (χ4v) is 3.30. The van der Waals surface area contributed by atoms with Crippen LogP contribution in [-0.2, 0) is 4.43 Å². The summed E-state index contributed by atoms with van der Waals surface area (Å²) in [6, 6.07) is 0. The van der Waals surface area contributed by atoms with E-state index in [2.05, 4.69) is 73.7 Å². The molecule has 0 radical (unpaired) electrons. The standard InChI is InChI=1S/C15H32OSi/c1-10-11-13(4)14(12(2)3)16-17(8,9)15(5,6)7/h10-14H,1-9H3/b11-10+/t13-,14-/m1/s1. The molecule has 17 heavy (non-hydrogen) atoms. The van der Waals surface area contributed by atoms with Gasteiger partial charge in [0.2, 0.25) is 0 Å². The van der Waals surface area contributed by atoms with Crippen LogP contribution in [0.2, 0.25) is 18.1 Å². The van der Waals surface area contributed by atoms with E-state index < -0.39 is 8.32 Å². The summed E-state index contributed by atoms with van der Waals surface area (Å²) >= 11 is 0. The molecule has 0 saturated carbocycles. The quantitative estimate of drug-likeness (QED) is 0.482. The molecule has 0 rings (SSSR count). The molecule has 0 N–H and O–H groups in total. The second kappa shape index (κ2) is 6.19. The van der Waals surface area contributed by atoms with Crippen molar-refractivity contribution in [1.82, 2.24) is 0 Å². The van der Waals surface area contributed by atoms with Gasteiger partial charge in [0.15, 0.2) is 8.32 Å². The van der Waals surface area contributed by atoms with Crippen molar-refractivity contribution in [2.24, 2.45) is 11.8 Å². The number of hydrogen-bond acceptors (Lipinski definition) is 1. The first-order chi connectivity index (χ1) is 7.53. The second-order valence-corrected chi connectivity index (χ2v) is 11.7. The van der Waals surface area contributed by atoms with Gasteiger partial charge in [-0.3, -0.25) is 0 Å². The predicted molar refractivity (Wildman–Crippen MR) is 80.9 cm³/mol. The van der Waals surface area contributed by atoms with Gasteiger partial charge in [0, 0.05) is 0 Å². The minimum Gasteiger partial charge on any atom is -0.413 e. The van der Waals surface area contributed by atoms with Gasteiger partial charge in [-0.2, -0.15) is 0 Å². The molecule has 0 heterocycles. The van der Waals surface area contributed by atoms with E-state index in [4.69, 9.17) is 4.43 Å². The zero-order valence-electron chi connectivity index (χ0n) is 13.3. The highest BCUT2D eigenvalue weighted by Gasteiger charge is 2.40. The highest BCUT2D eigenvalue weighted by Crippen LogP contribution is 2.39. The number of allylic oxidation sites excluding steroid dienone is 1. The fourth-order valence-electron chi connectivity index (χ4n) is 1.78. The number of hydrogen-bond donors (Lipinski definition) is 0. The minimum atomic E-state index is -1.66. The van der Waals surface area contributed by atoms with Crippen LogP contribution in [0.3, 0.4) is 0 Å². The Morgan fingerprint density at radius 2 is 1.53 bits per heavy atom. The van der Waals surface area contributed by atoms with Gasteiger partial charge >= 0.3 is 0 Å². The number of rotatable bonds is 5. The summed E-state index contributed by atoms with van der Waals surface area (Å²) in [5, 5.41) is 0.287. The molecule has 0 aromatic rings. The summed E-state index contributed by atoms with van der Waals surface area (Å²) in [6.07, 6.45) is 4.74. The lowest BCUT2D eigenvalue weighted by atomic mass is 9.95. The summed E-state index contributed by atoms with van der Waals surface area (Å²) in [7, 11) is -1.66. The first-order valence-electron chi connectivity index (χ1n) is 6.83. The third-order valence-electron chi connectivity index (χ3n) is 3.91. The van der Waals surface area contributed by atoms with E-state index in [0.717, 1.165) is 0 Å². The summed E-state index contributed by atoms with van der Waals surface area (Å²) < 4.78 is 6.57. The predicted octanol–water partition coefficient (Wildman–Crippen LogP) is 5.25. The van der Waals surface area contributed by atoms with Crippen molar-refractivity contribution in [2.45, 2.75) is 72.7 Å². The molecule has 1 nitrogen and oxygen atoms in total. The summed E-state index contributed by atoms with van der Waals surface area (Å²) in [5.74, 6) is 1.06. The van der Waals surface area contributed by atoms with Crippen molar-refractivity contribution < 1.29 is 4.43 Å². The lowest BCUT2D eigenvalue weighted by Crippen LogP contribution is -2.46. The molecule has 0 spiro atoms. The van der Waals surface area contributed by atoms with Crippen molar-refractivity contribution in [2.75, 3.05) is 0 Å². The van der Waals surface area contributed by atoms with Gasteiger partial charge in [0.25, 0.3) is 0 Å². The molecule has 0 saturated heterocycles. The second-order valence-electron chi connectivity index (χ2n) is 6.97. The summed E-state index contributed by atoms with van der Waals surface area (Å²) in [4.78, 5) is 0. The van der Waals surface area contributed by atoms with E-state index in [0.29, 0.717) is 17.9 Å². The van der Waals surface area contributed by atoms with Crippen LogP contribution in [-0.4, -0.2) is 14.4 Å². The minimum absolute atomic E-state index is 0.287. The summed E-state index contributed by atoms with van der Waals surface area (Å²) in [6.45, 7) is 20.5. The molecule has 2 heteroatoms. The van der Waals surface area contributed by atoms with Gasteiger partial charge in [-0.1, -0.05) is 53.7 Å². The lowest BCUT2D eigenvalue weighted by Gasteiger charge is -2.42. The summed E-state index contributed by atoms with van der Waals surface area (Å²) in [5.41, 5.74) is 0. The van der Waals surface area contributed by atoms with E-state index >= 15 is 0 Å². The molecule has 102 valence electrons. The van der Waals surface area contributed by atoms with Gasteiger partial charge in [-0.15, -0.1) is 0 Å². The molecule has 0 aliphatic rings. The molecule has 0 aliphatic heterocycles. The highest BCUT2D eigenvalue weighted by atomic mass is 28.4. The van der Waals surface area contributed by atoms with Crippen LogP contribution < -0.4 is 0 Å². The largest absolute Gasteiger partial charge is 0.413 e. The van der Waals surface area contributed by atoms with Crippen LogP contribution >= 0.6 is 0 Å². The molecule has 0 aromatic heterocycles. The molecule has 0 aliphatic carbocycles. The van der Waals surface area contributed by atoms with Gasteiger partial charge in [0.05, 0.1) is 6.10 Å². The zero-order chi connectivity index (χ0) is 13.9. The molecule has 0 amide bonds. The Kier molecular flexibility index (Phi) is 6.16. The van der Waals surface area contributed by atoms with Crippen LogP contribution in [0.5, 0.6) is 0 Å². The molecular weight excluding hydrogens is 224 g/mol. The van der Waals surface area contributed by atoms with Crippen LogP contribution in [0.4, 0.5) is 0 Å². The maximum atomic E-state index is 6.57. The third-order valence-corrected chi connectivity index (χ3v) is 8.38. The first kappa shape index (κ1) is 16.9. The molecule has 0 unspecified atom stereocenters. The molecule has 2 atom stereocenters. The SMILES string of the molecule is C/C=C/[C@@H](C)[C@H](O[Si](C)(C)C(C)(C)C)C(C)C. The maximum absolute atomic E-state index is 6.57. The molecule has 0 aromatic carbocycles. The topological polar surface area (TPSA) is 9.23 Å². The van der Waals surface area contributed by atoms with Crippen molar-refractivity contribution in [3.05, 3.63) is 12.2 Å². The first-order valence-corrected chi connectivity index (χ1v) is 9.74. The highest BCUT2D eigenvalue weighted by molar-refractivity contribution is 6.74. The van der Waals surface area contributed by atoms with E-state index in [1.165, 1.54) is 0 Å². The Bertz CT molecular complexity index is 248. The van der Waals surface area contributed by atoms with Gasteiger partial charge in [-0.25, -0.2) is 0 Å². The van der Waals surface area contributed by atoms with Crippen molar-refractivity contribution >= 4 is 8.32 Å². The Hall–Kier alpha value is -0.0831. The Morgan fingerprint density at radius 1 is 1.06 bits per heavy atom. The molecule has 0 fully saturated rings. The van der Waals surface area contributed by atoms with Gasteiger partial charge < -0.3 is 4.43 Å². The van der Waals surface area contributed by atoms with Crippen molar-refractivity contribution in [3.8, 4) is 0 Å². The van der Waals surface area contributed by atoms with E-state index in [1.807, 2.05) is 0 Å². The van der Waals surface area contributed by atoms with Crippen LogP contribution in [0, 0.1) is 11.8 Å². The van der Waals surface area contributed by atoms with Crippen molar-refractivity contribution in [3.63, 3.8) is 0 Å². The lowest BCUT2D eigenvalue weighted by molar-refractivity contribution is 0.100. The monoisotopic (exact) mass is 256 g/mol. The van der Waals surface area contributed by atoms with E-state index in [9.17, 15) is 0 Å². The van der Waals surface area contributed by atoms with Crippen LogP contribution in [0.25, 0.3) is 0 Å². The molecular formula is C15H32OSi. The average molecular weight is 257 g/mol. The molecule has 0 bridgehead atoms. The van der Waals surface area contributed by atoms with Crippen molar-refractivity contribution in [1.29, 1.82) is 0 Å². The average Bonchev–Trinajstić information content (AvgIpc) is 2.12. The van der Waals surface area contributed by atoms with Gasteiger partial charge in [-0.05, 0) is 36.9 Å². The smallest absolute Gasteiger partial charge is 0.192 e. The third kappa shape index (κ3) is 4.97. The van der Waals surface area contributed by atoms with E-state index in [1.54, 1.807) is 0 Å². The maximum Gasteiger partial charge on any atom is 0.192 e. The van der Waals surface area contributed by atoms with E-state index in [-0.39, 0.29) is 5.04 Å². The Morgan fingerprint density at radius 3 is 1.82 bits per heavy atom. The van der Waals surface area contributed by atoms with Crippen LogP contribution in [0.15, 0.2) is 12.2 Å². The van der Waals surface area contributed by atoms with Gasteiger partial charge in [0.1, 0.15) is 0 Å².